The maximum Gasteiger partial charge on any atom is 0.239 e. The van der Waals surface area contributed by atoms with Gasteiger partial charge < -0.3 is 0 Å². The molecule has 2 amide bonds. The molecule has 2 bridgehead atoms. The van der Waals surface area contributed by atoms with E-state index in [2.05, 4.69) is 40.2 Å². The van der Waals surface area contributed by atoms with Gasteiger partial charge in [-0.3, -0.25) is 14.6 Å². The molecule has 9 rings (SSSR count). The van der Waals surface area contributed by atoms with Crippen LogP contribution in [0.5, 0.6) is 0 Å². The second-order valence-electron chi connectivity index (χ2n) is 10.8. The molecule has 0 saturated carbocycles. The molecule has 0 spiro atoms. The van der Waals surface area contributed by atoms with Crippen molar-refractivity contribution in [2.45, 2.75) is 11.3 Å². The smallest absolute Gasteiger partial charge is 0.239 e. The molecular formula is C35H23BrN2O2. The van der Waals surface area contributed by atoms with Gasteiger partial charge in [0.25, 0.3) is 0 Å². The summed E-state index contributed by atoms with van der Waals surface area (Å²) in [6.07, 6.45) is 1.94. The van der Waals surface area contributed by atoms with Crippen molar-refractivity contribution >= 4 is 56.1 Å². The van der Waals surface area contributed by atoms with Crippen LogP contribution in [0.2, 0.25) is 0 Å². The van der Waals surface area contributed by atoms with E-state index in [1.807, 2.05) is 97.2 Å². The van der Waals surface area contributed by atoms with Crippen molar-refractivity contribution in [3.8, 4) is 0 Å². The fourth-order valence-electron chi connectivity index (χ4n) is 7.42. The monoisotopic (exact) mass is 582 g/mol. The van der Waals surface area contributed by atoms with Crippen molar-refractivity contribution < 1.29 is 9.59 Å². The van der Waals surface area contributed by atoms with Gasteiger partial charge in [-0.25, -0.2) is 4.90 Å². The van der Waals surface area contributed by atoms with E-state index in [0.717, 1.165) is 43.2 Å². The van der Waals surface area contributed by atoms with Gasteiger partial charge in [-0.15, -0.1) is 0 Å². The second kappa shape index (κ2) is 8.57. The van der Waals surface area contributed by atoms with Gasteiger partial charge in [0.2, 0.25) is 11.8 Å². The Morgan fingerprint density at radius 3 is 2.12 bits per heavy atom. The van der Waals surface area contributed by atoms with Crippen LogP contribution in [0.15, 0.2) is 125 Å². The van der Waals surface area contributed by atoms with Gasteiger partial charge in [-0.1, -0.05) is 107 Å². The highest BCUT2D eigenvalue weighted by atomic mass is 79.9. The molecule has 1 aliphatic heterocycles. The van der Waals surface area contributed by atoms with Gasteiger partial charge in [0.05, 0.1) is 28.6 Å². The van der Waals surface area contributed by atoms with E-state index < -0.39 is 17.3 Å². The Balaban J connectivity index is 1.40. The van der Waals surface area contributed by atoms with Crippen LogP contribution in [0.1, 0.15) is 28.2 Å². The van der Waals surface area contributed by atoms with Crippen LogP contribution in [-0.2, 0) is 15.0 Å². The molecule has 4 nitrogen and oxygen atoms in total. The van der Waals surface area contributed by atoms with Crippen LogP contribution < -0.4 is 4.90 Å². The van der Waals surface area contributed by atoms with E-state index in [9.17, 15) is 9.59 Å². The number of anilines is 1. The van der Waals surface area contributed by atoms with Crippen LogP contribution in [0.3, 0.4) is 0 Å². The summed E-state index contributed by atoms with van der Waals surface area (Å²) in [6.45, 7) is 0. The number of hydrogen-bond acceptors (Lipinski definition) is 3. The molecule has 5 heteroatoms. The van der Waals surface area contributed by atoms with Crippen LogP contribution in [0, 0.1) is 11.8 Å². The largest absolute Gasteiger partial charge is 0.274 e. The zero-order chi connectivity index (χ0) is 27.0. The summed E-state index contributed by atoms with van der Waals surface area (Å²) < 4.78 is 0.930. The lowest BCUT2D eigenvalue weighted by Crippen LogP contribution is -2.54. The van der Waals surface area contributed by atoms with E-state index in [1.165, 1.54) is 4.90 Å². The molecule has 5 aromatic rings. The number of nitrogens with zero attached hydrogens (tertiary/aromatic N) is 2. The molecule has 3 aliphatic carbocycles. The van der Waals surface area contributed by atoms with E-state index >= 15 is 0 Å². The molecule has 1 saturated heterocycles. The first-order valence-electron chi connectivity index (χ1n) is 13.4. The first-order valence-corrected chi connectivity index (χ1v) is 14.2. The molecule has 0 aromatic heterocycles. The number of imide groups is 1. The molecular weight excluding hydrogens is 560 g/mol. The zero-order valence-corrected chi connectivity index (χ0v) is 23.0. The predicted octanol–water partition coefficient (Wildman–Crippen LogP) is 7.56. The zero-order valence-electron chi connectivity index (χ0n) is 21.4. The lowest BCUT2D eigenvalue weighted by molar-refractivity contribution is -0.122. The highest BCUT2D eigenvalue weighted by Gasteiger charge is 2.68. The summed E-state index contributed by atoms with van der Waals surface area (Å²) in [7, 11) is 0. The van der Waals surface area contributed by atoms with E-state index in [0.29, 0.717) is 5.69 Å². The Hall–Kier alpha value is -4.35. The van der Waals surface area contributed by atoms with Gasteiger partial charge in [0.1, 0.15) is 0 Å². The topological polar surface area (TPSA) is 49.7 Å². The lowest BCUT2D eigenvalue weighted by Gasteiger charge is -2.52. The molecule has 0 N–H and O–H groups in total. The van der Waals surface area contributed by atoms with Crippen LogP contribution >= 0.6 is 15.9 Å². The normalized spacial score (nSPS) is 24.4. The summed E-state index contributed by atoms with van der Waals surface area (Å²) in [6, 6.07) is 38.1. The molecule has 1 fully saturated rings. The molecule has 4 aliphatic rings. The lowest BCUT2D eigenvalue weighted by atomic mass is 9.47. The molecule has 192 valence electrons. The van der Waals surface area contributed by atoms with Gasteiger partial charge in [-0.2, -0.15) is 0 Å². The number of fused-ring (bicyclic) bond motifs is 1. The standard InChI is InChI=1S/C35H23BrN2O2/c36-22-11-8-12-23(19-22)37-20-35-27-16-5-3-14-25(27)30(26-15-4-6-17-28(26)35)31-32(35)34(40)38(33(31)39)29-18-7-10-21-9-1-2-13-24(21)29/h1-20,30-32H/t30?,31-,32+,35?/m0/s1. The van der Waals surface area contributed by atoms with Crippen molar-refractivity contribution in [3.63, 3.8) is 0 Å². The van der Waals surface area contributed by atoms with Crippen molar-refractivity contribution in [2.75, 3.05) is 4.90 Å². The average Bonchev–Trinajstić information content (AvgIpc) is 3.26. The molecule has 0 unspecified atom stereocenters. The number of amides is 2. The first-order chi connectivity index (χ1) is 19.6. The predicted molar refractivity (Wildman–Crippen MR) is 161 cm³/mol. The maximum atomic E-state index is 14.7. The Kier molecular flexibility index (Phi) is 5.04. The minimum absolute atomic E-state index is 0.138. The summed E-state index contributed by atoms with van der Waals surface area (Å²) >= 11 is 3.55. The highest BCUT2D eigenvalue weighted by Crippen LogP contribution is 2.64. The van der Waals surface area contributed by atoms with Crippen molar-refractivity contribution in [1.82, 2.24) is 0 Å². The minimum Gasteiger partial charge on any atom is -0.274 e. The number of benzene rings is 5. The van der Waals surface area contributed by atoms with Crippen LogP contribution in [-0.4, -0.2) is 18.0 Å². The Labute approximate surface area is 240 Å². The SMILES string of the molecule is O=C1[C@H]2C3c4ccccc4C(C=Nc4cccc(Br)c4)(c4ccccc43)[C@H]2C(=O)N1c1cccc2ccccc12. The fourth-order valence-corrected chi connectivity index (χ4v) is 7.81. The van der Waals surface area contributed by atoms with Crippen LogP contribution in [0.25, 0.3) is 10.8 Å². The number of aliphatic imine (C=N–C) groups is 1. The summed E-state index contributed by atoms with van der Waals surface area (Å²) in [5, 5.41) is 1.89. The van der Waals surface area contributed by atoms with Gasteiger partial charge in [-0.05, 0) is 51.9 Å². The van der Waals surface area contributed by atoms with E-state index in [1.54, 1.807) is 0 Å². The quantitative estimate of drug-likeness (QED) is 0.163. The third-order valence-electron chi connectivity index (χ3n) is 8.92. The third kappa shape index (κ3) is 3.04. The highest BCUT2D eigenvalue weighted by molar-refractivity contribution is 9.10. The average molecular weight is 583 g/mol. The first kappa shape index (κ1) is 23.5. The number of carbonyl (C=O) groups excluding carboxylic acids is 2. The molecule has 1 heterocycles. The summed E-state index contributed by atoms with van der Waals surface area (Å²) in [5.74, 6) is -1.63. The Bertz CT molecular complexity index is 1860. The molecule has 0 radical (unpaired) electrons. The van der Waals surface area contributed by atoms with E-state index in [-0.39, 0.29) is 17.7 Å². The maximum absolute atomic E-state index is 14.7. The van der Waals surface area contributed by atoms with Crippen molar-refractivity contribution in [1.29, 1.82) is 0 Å². The number of rotatable bonds is 3. The Morgan fingerprint density at radius 2 is 1.38 bits per heavy atom. The second-order valence-corrected chi connectivity index (χ2v) is 11.7. The third-order valence-corrected chi connectivity index (χ3v) is 9.41. The Morgan fingerprint density at radius 1 is 0.725 bits per heavy atom. The number of carbonyl (C=O) groups is 2. The summed E-state index contributed by atoms with van der Waals surface area (Å²) in [5.41, 5.74) is 4.85. The van der Waals surface area contributed by atoms with Gasteiger partial charge in [0.15, 0.2) is 0 Å². The van der Waals surface area contributed by atoms with Crippen LogP contribution in [0.4, 0.5) is 11.4 Å². The van der Waals surface area contributed by atoms with Crippen molar-refractivity contribution in [3.05, 3.63) is 142 Å². The van der Waals surface area contributed by atoms with Gasteiger partial charge in [0, 0.05) is 22.0 Å². The fraction of sp³-hybridized carbons (Fsp3) is 0.114. The van der Waals surface area contributed by atoms with Gasteiger partial charge >= 0.3 is 0 Å². The minimum atomic E-state index is -0.888. The van der Waals surface area contributed by atoms with E-state index in [4.69, 9.17) is 4.99 Å². The van der Waals surface area contributed by atoms with Crippen molar-refractivity contribution in [2.24, 2.45) is 16.8 Å². The molecule has 40 heavy (non-hydrogen) atoms. The molecule has 2 atom stereocenters. The number of hydrogen-bond donors (Lipinski definition) is 0. The number of halogens is 1. The molecule has 5 aromatic carbocycles. The summed E-state index contributed by atoms with van der Waals surface area (Å²) in [4.78, 5) is 35.7.